The molecular weight excluding hydrogens is 335 g/mol. The highest BCUT2D eigenvalue weighted by Gasteiger charge is 2.32. The number of Topliss-reactive ketones (excluding diaryl/α,β-unsaturated/α-hetero) is 1. The third-order valence-corrected chi connectivity index (χ3v) is 4.70. The van der Waals surface area contributed by atoms with Crippen molar-refractivity contribution in [2.24, 2.45) is 0 Å². The van der Waals surface area contributed by atoms with Crippen molar-refractivity contribution >= 4 is 23.1 Å². The summed E-state index contributed by atoms with van der Waals surface area (Å²) in [6.07, 6.45) is 0. The zero-order valence-corrected chi connectivity index (χ0v) is 14.9. The number of nitrogens with zero attached hydrogens (tertiary/aromatic N) is 1. The first kappa shape index (κ1) is 17.3. The predicted octanol–water partition coefficient (Wildman–Crippen LogP) is 4.12. The zero-order chi connectivity index (χ0) is 18.0. The third kappa shape index (κ3) is 3.61. The van der Waals surface area contributed by atoms with E-state index in [2.05, 4.69) is 5.32 Å². The number of halogens is 1. The van der Waals surface area contributed by atoms with Gasteiger partial charge in [-0.05, 0) is 49.3 Å². The van der Waals surface area contributed by atoms with Crippen molar-refractivity contribution in [3.63, 3.8) is 0 Å². The number of benzene rings is 2. The van der Waals surface area contributed by atoms with E-state index in [4.69, 9.17) is 12.2 Å². The first-order chi connectivity index (χ1) is 12.0. The van der Waals surface area contributed by atoms with E-state index in [9.17, 15) is 9.18 Å². The van der Waals surface area contributed by atoms with Gasteiger partial charge in [0.05, 0.1) is 6.04 Å². The number of carbonyl (C=O) groups excluding carboxylic acids is 1. The lowest BCUT2D eigenvalue weighted by atomic mass is 9.92. The molecule has 1 aliphatic heterocycles. The molecule has 2 aromatic carbocycles. The molecule has 128 valence electrons. The van der Waals surface area contributed by atoms with Crippen LogP contribution in [0.2, 0.25) is 0 Å². The van der Waals surface area contributed by atoms with Crippen LogP contribution in [0.5, 0.6) is 0 Å². The maximum Gasteiger partial charge on any atom is 0.174 e. The summed E-state index contributed by atoms with van der Waals surface area (Å²) >= 11 is 5.54. The van der Waals surface area contributed by atoms with Crippen molar-refractivity contribution in [2.75, 3.05) is 0 Å². The summed E-state index contributed by atoms with van der Waals surface area (Å²) in [5.41, 5.74) is 3.40. The number of rotatable bonds is 4. The van der Waals surface area contributed by atoms with Gasteiger partial charge >= 0.3 is 0 Å². The van der Waals surface area contributed by atoms with Gasteiger partial charge < -0.3 is 10.2 Å². The van der Waals surface area contributed by atoms with Crippen LogP contribution in [0.15, 0.2) is 65.9 Å². The Balaban J connectivity index is 2.00. The van der Waals surface area contributed by atoms with Crippen LogP contribution >= 0.6 is 12.2 Å². The van der Waals surface area contributed by atoms with Gasteiger partial charge in [-0.1, -0.05) is 42.5 Å². The molecule has 0 saturated heterocycles. The molecule has 0 spiro atoms. The van der Waals surface area contributed by atoms with Gasteiger partial charge in [0, 0.05) is 17.8 Å². The second kappa shape index (κ2) is 7.15. The van der Waals surface area contributed by atoms with Crippen LogP contribution in [-0.2, 0) is 11.3 Å². The number of hydrogen-bond acceptors (Lipinski definition) is 2. The van der Waals surface area contributed by atoms with Gasteiger partial charge in [-0.15, -0.1) is 0 Å². The molecular formula is C20H19FN2OS. The van der Waals surface area contributed by atoms with Crippen LogP contribution in [0.4, 0.5) is 4.39 Å². The maximum absolute atomic E-state index is 13.2. The van der Waals surface area contributed by atoms with Crippen molar-refractivity contribution in [3.8, 4) is 0 Å². The van der Waals surface area contributed by atoms with Crippen LogP contribution < -0.4 is 5.32 Å². The predicted molar refractivity (Wildman–Crippen MR) is 100 cm³/mol. The van der Waals surface area contributed by atoms with Gasteiger partial charge in [-0.3, -0.25) is 4.79 Å². The van der Waals surface area contributed by atoms with Crippen LogP contribution in [-0.4, -0.2) is 15.8 Å². The lowest BCUT2D eigenvalue weighted by Gasteiger charge is -2.37. The summed E-state index contributed by atoms with van der Waals surface area (Å²) < 4.78 is 13.2. The highest BCUT2D eigenvalue weighted by molar-refractivity contribution is 7.80. The molecule has 0 amide bonds. The van der Waals surface area contributed by atoms with E-state index in [-0.39, 0.29) is 17.6 Å². The van der Waals surface area contributed by atoms with Gasteiger partial charge in [0.15, 0.2) is 10.9 Å². The largest absolute Gasteiger partial charge is 0.351 e. The quantitative estimate of drug-likeness (QED) is 0.837. The Morgan fingerprint density at radius 3 is 2.40 bits per heavy atom. The minimum Gasteiger partial charge on any atom is -0.351 e. The van der Waals surface area contributed by atoms with Gasteiger partial charge in [-0.25, -0.2) is 4.39 Å². The Kier molecular flexibility index (Phi) is 4.95. The Hall–Kier alpha value is -2.53. The Morgan fingerprint density at radius 1 is 1.16 bits per heavy atom. The van der Waals surface area contributed by atoms with Gasteiger partial charge in [0.2, 0.25) is 0 Å². The van der Waals surface area contributed by atoms with Crippen molar-refractivity contribution in [2.45, 2.75) is 26.4 Å². The molecule has 5 heteroatoms. The monoisotopic (exact) mass is 354 g/mol. The number of thiocarbonyl (C=S) groups is 1. The Bertz CT molecular complexity index is 831. The first-order valence-corrected chi connectivity index (χ1v) is 8.47. The minimum absolute atomic E-state index is 0.0279. The molecule has 1 atom stereocenters. The molecule has 0 aromatic heterocycles. The van der Waals surface area contributed by atoms with Crippen molar-refractivity contribution in [3.05, 3.63) is 82.8 Å². The second-order valence-corrected chi connectivity index (χ2v) is 6.45. The molecule has 0 bridgehead atoms. The molecule has 1 heterocycles. The fourth-order valence-electron chi connectivity index (χ4n) is 3.10. The lowest BCUT2D eigenvalue weighted by Crippen LogP contribution is -2.47. The average molecular weight is 354 g/mol. The molecule has 1 unspecified atom stereocenters. The number of ketones is 1. The lowest BCUT2D eigenvalue weighted by molar-refractivity contribution is -0.114. The van der Waals surface area contributed by atoms with Crippen molar-refractivity contribution < 1.29 is 9.18 Å². The fraction of sp³-hybridized carbons (Fsp3) is 0.200. The molecule has 0 fully saturated rings. The van der Waals surface area contributed by atoms with Crippen LogP contribution in [0, 0.1) is 5.82 Å². The molecule has 3 nitrogen and oxygen atoms in total. The average Bonchev–Trinajstić information content (AvgIpc) is 2.59. The Morgan fingerprint density at radius 2 is 1.80 bits per heavy atom. The standard InChI is InChI=1S/C20H19FN2OS/c1-13-18(14(2)24)19(16-8-10-17(21)11-9-16)22-20(25)23(13)12-15-6-4-3-5-7-15/h3-11,19H,12H2,1-2H3,(H,22,25). The molecule has 2 aromatic rings. The highest BCUT2D eigenvalue weighted by atomic mass is 32.1. The second-order valence-electron chi connectivity index (χ2n) is 6.06. The minimum atomic E-state index is -0.363. The van der Waals surface area contributed by atoms with E-state index in [1.165, 1.54) is 12.1 Å². The summed E-state index contributed by atoms with van der Waals surface area (Å²) in [4.78, 5) is 14.3. The van der Waals surface area contributed by atoms with E-state index in [1.54, 1.807) is 19.1 Å². The summed E-state index contributed by atoms with van der Waals surface area (Å²) in [6.45, 7) is 4.04. The highest BCUT2D eigenvalue weighted by Crippen LogP contribution is 2.32. The van der Waals surface area contributed by atoms with Gasteiger partial charge in [0.25, 0.3) is 0 Å². The van der Waals surface area contributed by atoms with Crippen molar-refractivity contribution in [1.29, 1.82) is 0 Å². The number of allylic oxidation sites excluding steroid dienone is 1. The van der Waals surface area contributed by atoms with Crippen LogP contribution in [0.1, 0.15) is 31.0 Å². The topological polar surface area (TPSA) is 32.3 Å². The maximum atomic E-state index is 13.2. The zero-order valence-electron chi connectivity index (χ0n) is 14.1. The molecule has 3 rings (SSSR count). The van der Waals surface area contributed by atoms with Gasteiger partial charge in [0.1, 0.15) is 5.82 Å². The summed E-state index contributed by atoms with van der Waals surface area (Å²) in [7, 11) is 0. The van der Waals surface area contributed by atoms with E-state index < -0.39 is 0 Å². The molecule has 0 aliphatic carbocycles. The molecule has 0 radical (unpaired) electrons. The van der Waals surface area contributed by atoms with Crippen molar-refractivity contribution in [1.82, 2.24) is 10.2 Å². The number of hydrogen-bond donors (Lipinski definition) is 1. The third-order valence-electron chi connectivity index (χ3n) is 4.36. The molecule has 1 N–H and O–H groups in total. The smallest absolute Gasteiger partial charge is 0.174 e. The Labute approximate surface area is 152 Å². The van der Waals surface area contributed by atoms with Gasteiger partial charge in [-0.2, -0.15) is 0 Å². The summed E-state index contributed by atoms with van der Waals surface area (Å²) in [6, 6.07) is 15.7. The number of carbonyl (C=O) groups is 1. The molecule has 0 saturated carbocycles. The fourth-order valence-corrected chi connectivity index (χ4v) is 3.42. The van der Waals surface area contributed by atoms with Crippen LogP contribution in [0.3, 0.4) is 0 Å². The molecule has 1 aliphatic rings. The normalized spacial score (nSPS) is 17.5. The SMILES string of the molecule is CC(=O)C1=C(C)N(Cc2ccccc2)C(=S)NC1c1ccc(F)cc1. The summed E-state index contributed by atoms with van der Waals surface area (Å²) in [5, 5.41) is 3.80. The van der Waals surface area contributed by atoms with E-state index in [1.807, 2.05) is 42.2 Å². The molecule has 25 heavy (non-hydrogen) atoms. The number of nitrogens with one attached hydrogen (secondary N) is 1. The van der Waals surface area contributed by atoms with Crippen LogP contribution in [0.25, 0.3) is 0 Å². The van der Waals surface area contributed by atoms with E-state index in [0.717, 1.165) is 16.8 Å². The van der Waals surface area contributed by atoms with E-state index >= 15 is 0 Å². The first-order valence-electron chi connectivity index (χ1n) is 8.06. The van der Waals surface area contributed by atoms with E-state index in [0.29, 0.717) is 17.2 Å². The summed E-state index contributed by atoms with van der Waals surface area (Å²) in [5.74, 6) is -0.335.